The van der Waals surface area contributed by atoms with Gasteiger partial charge in [-0.2, -0.15) is 0 Å². The van der Waals surface area contributed by atoms with Gasteiger partial charge in [-0.15, -0.1) is 0 Å². The van der Waals surface area contributed by atoms with Gasteiger partial charge in [-0.3, -0.25) is 19.4 Å². The minimum atomic E-state index is -1.46. The smallest absolute Gasteiger partial charge is 0.410 e. The van der Waals surface area contributed by atoms with Crippen molar-refractivity contribution in [2.24, 2.45) is 0 Å². The number of hydroxylamine groups is 2. The highest BCUT2D eigenvalue weighted by molar-refractivity contribution is 6.21. The highest BCUT2D eigenvalue weighted by atomic mass is 19.1. The molecule has 6 aromatic carbocycles. The number of hydrogen-bond acceptors (Lipinski definition) is 13. The maximum atomic E-state index is 14.7. The molecule has 0 saturated carbocycles. The second-order valence-electron chi connectivity index (χ2n) is 21.2. The Bertz CT molecular complexity index is 3200. The zero-order chi connectivity index (χ0) is 56.9. The molecule has 3 aliphatic rings. The van der Waals surface area contributed by atoms with E-state index < -0.39 is 77.4 Å². The van der Waals surface area contributed by atoms with Gasteiger partial charge in [0.1, 0.15) is 48.1 Å². The van der Waals surface area contributed by atoms with Crippen LogP contribution in [0.1, 0.15) is 108 Å². The molecule has 79 heavy (non-hydrogen) atoms. The van der Waals surface area contributed by atoms with Crippen molar-refractivity contribution in [3.8, 4) is 28.0 Å². The van der Waals surface area contributed by atoms with Gasteiger partial charge in [0.2, 0.25) is 0 Å². The molecule has 0 fully saturated rings. The van der Waals surface area contributed by atoms with E-state index >= 15 is 0 Å². The number of halogens is 1. The fourth-order valence-electron chi connectivity index (χ4n) is 9.72. The zero-order valence-electron chi connectivity index (χ0n) is 45.4. The van der Waals surface area contributed by atoms with Crippen molar-refractivity contribution < 1.29 is 66.5 Å². The van der Waals surface area contributed by atoms with Crippen molar-refractivity contribution in [1.82, 2.24) is 14.9 Å². The SMILES string of the molecule is CN(C(=O)OCC1c2ccccc2-c2ccccc21)[C@@H](CC(=O)ON1C(=O)c2ccccc2C1=O)C(=O)OC(C)(C)C.COc1ccc(C[C@@H](C(=O)OC(C)(C)C)N(C)C(=O)OCC2c3ccccc3-c3ccccc32)c(F)c1. The molecular formula is C62H62FN3O13. The van der Waals surface area contributed by atoms with E-state index in [2.05, 4.69) is 12.1 Å². The minimum absolute atomic E-state index is 0.00226. The number of hydrogen-bond donors (Lipinski definition) is 0. The average molecular weight is 1080 g/mol. The lowest BCUT2D eigenvalue weighted by Crippen LogP contribution is -2.47. The first-order valence-corrected chi connectivity index (χ1v) is 25.7. The number of benzene rings is 6. The lowest BCUT2D eigenvalue weighted by molar-refractivity contribution is -0.174. The van der Waals surface area contributed by atoms with Gasteiger partial charge in [0.05, 0.1) is 24.7 Å². The van der Waals surface area contributed by atoms with Gasteiger partial charge >= 0.3 is 30.1 Å². The highest BCUT2D eigenvalue weighted by Crippen LogP contribution is 2.46. The first-order valence-electron chi connectivity index (χ1n) is 25.7. The zero-order valence-corrected chi connectivity index (χ0v) is 45.4. The van der Waals surface area contributed by atoms with E-state index in [1.54, 1.807) is 59.7 Å². The van der Waals surface area contributed by atoms with Crippen molar-refractivity contribution in [2.45, 2.75) is 89.5 Å². The van der Waals surface area contributed by atoms with Gasteiger partial charge in [-0.25, -0.2) is 28.4 Å². The Morgan fingerprint density at radius 2 is 0.911 bits per heavy atom. The fourth-order valence-corrected chi connectivity index (χ4v) is 9.72. The third-order valence-electron chi connectivity index (χ3n) is 13.5. The molecule has 0 N–H and O–H groups in total. The van der Waals surface area contributed by atoms with Crippen LogP contribution in [0.5, 0.6) is 5.75 Å². The van der Waals surface area contributed by atoms with Crippen LogP contribution in [-0.2, 0) is 44.6 Å². The lowest BCUT2D eigenvalue weighted by Gasteiger charge is -2.30. The molecule has 1 aliphatic heterocycles. The number of likely N-dealkylation sites (N-methyl/N-ethyl adjacent to an activating group) is 2. The molecule has 2 aliphatic carbocycles. The normalized spacial score (nSPS) is 14.0. The molecule has 9 rings (SSSR count). The number of rotatable bonds is 14. The topological polar surface area (TPSA) is 185 Å². The summed E-state index contributed by atoms with van der Waals surface area (Å²) in [5, 5.41) is 0.354. The monoisotopic (exact) mass is 1080 g/mol. The Morgan fingerprint density at radius 1 is 0.544 bits per heavy atom. The lowest BCUT2D eigenvalue weighted by atomic mass is 9.98. The second-order valence-corrected chi connectivity index (χ2v) is 21.2. The van der Waals surface area contributed by atoms with Crippen LogP contribution in [0.3, 0.4) is 0 Å². The molecule has 0 radical (unpaired) electrons. The summed E-state index contributed by atoms with van der Waals surface area (Å²) in [6, 6.07) is 39.7. The summed E-state index contributed by atoms with van der Waals surface area (Å²) in [4.78, 5) is 98.1. The number of carbonyl (C=O) groups excluding carboxylic acids is 7. The molecule has 0 aromatic heterocycles. The Kier molecular flexibility index (Phi) is 16.7. The number of amides is 4. The van der Waals surface area contributed by atoms with Crippen molar-refractivity contribution in [3.05, 3.63) is 184 Å². The average Bonchev–Trinajstić information content (AvgIpc) is 4.13. The van der Waals surface area contributed by atoms with Crippen LogP contribution >= 0.6 is 0 Å². The Hall–Kier alpha value is -8.86. The summed E-state index contributed by atoms with van der Waals surface area (Å²) < 4.78 is 42.2. The van der Waals surface area contributed by atoms with Crippen LogP contribution in [0.15, 0.2) is 140 Å². The van der Waals surface area contributed by atoms with Gasteiger partial charge in [0.15, 0.2) is 0 Å². The van der Waals surface area contributed by atoms with Crippen molar-refractivity contribution in [2.75, 3.05) is 34.4 Å². The van der Waals surface area contributed by atoms with E-state index in [-0.39, 0.29) is 48.2 Å². The van der Waals surface area contributed by atoms with Gasteiger partial charge in [-0.1, -0.05) is 120 Å². The van der Waals surface area contributed by atoms with Gasteiger partial charge < -0.3 is 28.5 Å². The molecule has 16 nitrogen and oxygen atoms in total. The van der Waals surface area contributed by atoms with Crippen LogP contribution in [-0.4, -0.2) is 114 Å². The molecular weight excluding hydrogens is 1010 g/mol. The molecule has 410 valence electrons. The van der Waals surface area contributed by atoms with E-state index in [9.17, 15) is 38.0 Å². The quantitative estimate of drug-likeness (QED) is 0.0571. The van der Waals surface area contributed by atoms with E-state index in [0.717, 1.165) is 49.4 Å². The second kappa shape index (κ2) is 23.4. The summed E-state index contributed by atoms with van der Waals surface area (Å²) in [5.74, 6) is -4.72. The highest BCUT2D eigenvalue weighted by Gasteiger charge is 2.42. The summed E-state index contributed by atoms with van der Waals surface area (Å²) >= 11 is 0. The Morgan fingerprint density at radius 3 is 1.29 bits per heavy atom. The molecule has 0 spiro atoms. The molecule has 6 aromatic rings. The predicted octanol–water partition coefficient (Wildman–Crippen LogP) is 10.7. The number of ether oxygens (including phenoxy) is 5. The standard InChI is InChI=1S/C32H30N2O8.C30H32FNO5/c1-32(2,3)41-30(38)26(17-27(35)42-34-28(36)23-15-9-10-16-24(23)29(34)37)33(4)31(39)40-18-25-21-13-7-5-11-19(21)20-12-6-8-14-22(20)25;1-30(2,3)37-28(33)27(16-19-14-15-20(35-5)17-26(19)31)32(4)29(34)36-18-25-23-12-8-6-10-21(23)22-11-7-9-13-24(22)25/h5-16,25-26H,17-18H2,1-4H3;6-15,17,25,27H,16,18H2,1-5H3/t26-;27-/m00/s1. The van der Waals surface area contributed by atoms with Gasteiger partial charge in [0, 0.05) is 38.4 Å². The fraction of sp³-hybridized carbons (Fsp3) is 0.306. The van der Waals surface area contributed by atoms with Gasteiger partial charge in [0.25, 0.3) is 11.8 Å². The van der Waals surface area contributed by atoms with Crippen molar-refractivity contribution in [3.63, 3.8) is 0 Å². The number of imide groups is 1. The molecule has 0 unspecified atom stereocenters. The molecule has 4 amide bonds. The van der Waals surface area contributed by atoms with Crippen LogP contribution in [0, 0.1) is 5.82 Å². The van der Waals surface area contributed by atoms with Gasteiger partial charge in [-0.05, 0) is 110 Å². The van der Waals surface area contributed by atoms with E-state index in [1.807, 2.05) is 84.9 Å². The number of nitrogens with zero attached hydrogens (tertiary/aromatic N) is 3. The van der Waals surface area contributed by atoms with Crippen LogP contribution in [0.25, 0.3) is 22.3 Å². The molecule has 2 atom stereocenters. The number of esters is 2. The van der Waals surface area contributed by atoms with E-state index in [1.165, 1.54) is 50.4 Å². The molecule has 1 heterocycles. The maximum absolute atomic E-state index is 14.7. The van der Waals surface area contributed by atoms with Crippen LogP contribution < -0.4 is 4.74 Å². The maximum Gasteiger partial charge on any atom is 0.410 e. The molecule has 0 bridgehead atoms. The van der Waals surface area contributed by atoms with E-state index in [4.69, 9.17) is 28.5 Å². The summed E-state index contributed by atoms with van der Waals surface area (Å²) in [5.41, 5.74) is 7.30. The number of methoxy groups -OCH3 is 1. The van der Waals surface area contributed by atoms with Crippen molar-refractivity contribution >= 4 is 41.9 Å². The predicted molar refractivity (Wildman–Crippen MR) is 289 cm³/mol. The largest absolute Gasteiger partial charge is 0.497 e. The first kappa shape index (κ1) is 56.3. The summed E-state index contributed by atoms with van der Waals surface area (Å²) in [6.45, 7) is 10.3. The van der Waals surface area contributed by atoms with Crippen molar-refractivity contribution in [1.29, 1.82) is 0 Å². The number of carbonyl (C=O) groups is 7. The van der Waals surface area contributed by atoms with E-state index in [0.29, 0.717) is 10.8 Å². The summed E-state index contributed by atoms with van der Waals surface area (Å²) in [7, 11) is 4.22. The minimum Gasteiger partial charge on any atom is -0.497 e. The van der Waals surface area contributed by atoms with Crippen LogP contribution in [0.2, 0.25) is 0 Å². The molecule has 17 heteroatoms. The Balaban J connectivity index is 0.000000210. The van der Waals surface area contributed by atoms with Crippen LogP contribution in [0.4, 0.5) is 14.0 Å². The third kappa shape index (κ3) is 12.6. The molecule has 0 saturated heterocycles. The Labute approximate surface area is 457 Å². The third-order valence-corrected chi connectivity index (χ3v) is 13.5. The number of fused-ring (bicyclic) bond motifs is 7. The first-order chi connectivity index (χ1) is 37.5. The summed E-state index contributed by atoms with van der Waals surface area (Å²) in [6.07, 6.45) is -2.32.